The highest BCUT2D eigenvalue weighted by Gasteiger charge is 2.26. The van der Waals surface area contributed by atoms with Crippen molar-refractivity contribution in [3.63, 3.8) is 0 Å². The van der Waals surface area contributed by atoms with Gasteiger partial charge in [0.05, 0.1) is 10.5 Å². The third kappa shape index (κ3) is 2.21. The van der Waals surface area contributed by atoms with Gasteiger partial charge in [-0.05, 0) is 24.3 Å². The second kappa shape index (κ2) is 4.73. The number of nitro benzene ring substituents is 1. The van der Waals surface area contributed by atoms with Crippen molar-refractivity contribution >= 4 is 17.9 Å². The first-order valence-electron chi connectivity index (χ1n) is 5.10. The van der Waals surface area contributed by atoms with Gasteiger partial charge in [-0.1, -0.05) is 6.07 Å². The molecule has 0 spiro atoms. The zero-order chi connectivity index (χ0) is 14.0. The zero-order valence-corrected chi connectivity index (χ0v) is 9.40. The fourth-order valence-corrected chi connectivity index (χ4v) is 1.67. The van der Waals surface area contributed by atoms with Crippen LogP contribution in [0.3, 0.4) is 0 Å². The number of carbonyl (C=O) groups excluding carboxylic acids is 1. The van der Waals surface area contributed by atoms with Gasteiger partial charge in [0, 0.05) is 0 Å². The van der Waals surface area contributed by atoms with Crippen LogP contribution in [0.4, 0.5) is 5.69 Å². The fourth-order valence-electron chi connectivity index (χ4n) is 1.67. The lowest BCUT2D eigenvalue weighted by Crippen LogP contribution is -2.03. The Labute approximate surface area is 106 Å². The van der Waals surface area contributed by atoms with E-state index in [-0.39, 0.29) is 17.1 Å². The van der Waals surface area contributed by atoms with E-state index in [4.69, 9.17) is 9.52 Å². The van der Waals surface area contributed by atoms with Gasteiger partial charge < -0.3 is 9.52 Å². The smallest absolute Gasteiger partial charge is 0.342 e. The molecule has 96 valence electrons. The number of rotatable bonds is 4. The Bertz CT molecular complexity index is 673. The van der Waals surface area contributed by atoms with Gasteiger partial charge in [0.1, 0.15) is 11.3 Å². The predicted octanol–water partition coefficient (Wildman–Crippen LogP) is 2.37. The number of hydrogen-bond acceptors (Lipinski definition) is 5. The minimum absolute atomic E-state index is 0.00465. The monoisotopic (exact) mass is 261 g/mol. The number of para-hydroxylation sites is 1. The summed E-state index contributed by atoms with van der Waals surface area (Å²) in [6, 6.07) is 6.58. The first kappa shape index (κ1) is 12.5. The Morgan fingerprint density at radius 2 is 2.05 bits per heavy atom. The quantitative estimate of drug-likeness (QED) is 0.513. The van der Waals surface area contributed by atoms with Crippen LogP contribution in [0.1, 0.15) is 20.9 Å². The number of hydrogen-bond donors (Lipinski definition) is 1. The number of nitrogens with zero attached hydrogens (tertiary/aromatic N) is 1. The van der Waals surface area contributed by atoms with E-state index in [0.717, 1.165) is 6.07 Å². The molecule has 0 aliphatic carbocycles. The molecule has 0 saturated heterocycles. The molecule has 2 rings (SSSR count). The molecule has 0 bridgehead atoms. The maximum absolute atomic E-state index is 11.0. The van der Waals surface area contributed by atoms with Crippen molar-refractivity contribution in [3.8, 4) is 11.3 Å². The van der Waals surface area contributed by atoms with Crippen molar-refractivity contribution in [2.45, 2.75) is 0 Å². The minimum Gasteiger partial charge on any atom is -0.477 e. The summed E-state index contributed by atoms with van der Waals surface area (Å²) in [7, 11) is 0. The second-order valence-electron chi connectivity index (χ2n) is 3.58. The Balaban J connectivity index is 2.69. The molecule has 0 unspecified atom stereocenters. The Morgan fingerprint density at radius 3 is 2.58 bits per heavy atom. The molecule has 1 aromatic carbocycles. The van der Waals surface area contributed by atoms with E-state index < -0.39 is 22.1 Å². The number of aromatic carboxylic acids is 1. The van der Waals surface area contributed by atoms with Crippen molar-refractivity contribution < 1.29 is 24.0 Å². The molecule has 0 atom stereocenters. The van der Waals surface area contributed by atoms with E-state index in [1.165, 1.54) is 24.3 Å². The lowest BCUT2D eigenvalue weighted by Gasteiger charge is -2.02. The van der Waals surface area contributed by atoms with Crippen LogP contribution in [0.5, 0.6) is 0 Å². The number of benzene rings is 1. The first-order valence-corrected chi connectivity index (χ1v) is 5.10. The fraction of sp³-hybridized carbons (Fsp3) is 0. The third-order valence-electron chi connectivity index (χ3n) is 2.46. The molecule has 1 heterocycles. The Kier molecular flexibility index (Phi) is 3.11. The van der Waals surface area contributed by atoms with Gasteiger partial charge in [0.2, 0.25) is 0 Å². The summed E-state index contributed by atoms with van der Waals surface area (Å²) in [6.07, 6.45) is 0.455. The van der Waals surface area contributed by atoms with Crippen molar-refractivity contribution in [2.24, 2.45) is 0 Å². The summed E-state index contributed by atoms with van der Waals surface area (Å²) in [6.45, 7) is 0. The lowest BCUT2D eigenvalue weighted by atomic mass is 10.1. The van der Waals surface area contributed by atoms with Gasteiger partial charge in [0.25, 0.3) is 5.69 Å². The van der Waals surface area contributed by atoms with Crippen molar-refractivity contribution in [3.05, 3.63) is 51.8 Å². The maximum Gasteiger partial charge on any atom is 0.342 e. The van der Waals surface area contributed by atoms with Crippen LogP contribution in [-0.4, -0.2) is 22.3 Å². The molecule has 0 saturated carbocycles. The molecule has 1 aromatic heterocycles. The van der Waals surface area contributed by atoms with E-state index in [9.17, 15) is 19.7 Å². The topological polar surface area (TPSA) is 111 Å². The molecule has 0 amide bonds. The highest BCUT2D eigenvalue weighted by Crippen LogP contribution is 2.33. The molecular formula is C12H7NO6. The number of carbonyl (C=O) groups is 2. The minimum atomic E-state index is -1.41. The summed E-state index contributed by atoms with van der Waals surface area (Å²) in [5.74, 6) is -1.34. The van der Waals surface area contributed by atoms with E-state index in [1.807, 2.05) is 0 Å². The van der Waals surface area contributed by atoms with E-state index in [2.05, 4.69) is 0 Å². The van der Waals surface area contributed by atoms with E-state index in [1.54, 1.807) is 0 Å². The molecule has 19 heavy (non-hydrogen) atoms. The van der Waals surface area contributed by atoms with Gasteiger partial charge in [0.15, 0.2) is 12.0 Å². The van der Waals surface area contributed by atoms with Gasteiger partial charge in [-0.3, -0.25) is 14.9 Å². The average molecular weight is 261 g/mol. The van der Waals surface area contributed by atoms with E-state index in [0.29, 0.717) is 6.29 Å². The molecule has 0 fully saturated rings. The van der Waals surface area contributed by atoms with E-state index >= 15 is 0 Å². The average Bonchev–Trinajstić information content (AvgIpc) is 2.86. The van der Waals surface area contributed by atoms with Crippen LogP contribution in [0.25, 0.3) is 11.3 Å². The normalized spacial score (nSPS) is 10.1. The molecule has 0 aliphatic rings. The van der Waals surface area contributed by atoms with Gasteiger partial charge in [-0.2, -0.15) is 0 Å². The molecule has 7 nitrogen and oxygen atoms in total. The van der Waals surface area contributed by atoms with Crippen molar-refractivity contribution in [1.82, 2.24) is 0 Å². The number of aldehydes is 1. The SMILES string of the molecule is O=Cc1ccc(-c2cccc(C(=O)O)c2[N+](=O)[O-])o1. The second-order valence-corrected chi connectivity index (χ2v) is 3.58. The van der Waals surface area contributed by atoms with Crippen molar-refractivity contribution in [1.29, 1.82) is 0 Å². The molecule has 0 radical (unpaired) electrons. The molecule has 7 heteroatoms. The highest BCUT2D eigenvalue weighted by molar-refractivity contribution is 5.96. The standard InChI is InChI=1S/C12H7NO6/c14-6-7-4-5-10(19-7)8-2-1-3-9(12(15)16)11(8)13(17)18/h1-6H,(H,15,16). The highest BCUT2D eigenvalue weighted by atomic mass is 16.6. The Morgan fingerprint density at radius 1 is 1.32 bits per heavy atom. The number of nitro groups is 1. The number of carboxylic acids is 1. The van der Waals surface area contributed by atoms with Crippen LogP contribution < -0.4 is 0 Å². The number of furan rings is 1. The summed E-state index contributed by atoms with van der Waals surface area (Å²) in [4.78, 5) is 31.7. The molecule has 1 N–H and O–H groups in total. The van der Waals surface area contributed by atoms with Gasteiger partial charge in [-0.15, -0.1) is 0 Å². The zero-order valence-electron chi connectivity index (χ0n) is 9.40. The van der Waals surface area contributed by atoms with Crippen LogP contribution >= 0.6 is 0 Å². The van der Waals surface area contributed by atoms with Crippen LogP contribution in [0.15, 0.2) is 34.7 Å². The summed E-state index contributed by atoms with van der Waals surface area (Å²) in [5, 5.41) is 20.0. The lowest BCUT2D eigenvalue weighted by molar-refractivity contribution is -0.384. The summed E-state index contributed by atoms with van der Waals surface area (Å²) >= 11 is 0. The molecule has 0 aliphatic heterocycles. The summed E-state index contributed by atoms with van der Waals surface area (Å²) in [5.41, 5.74) is -0.994. The van der Waals surface area contributed by atoms with Crippen LogP contribution in [0, 0.1) is 10.1 Å². The van der Waals surface area contributed by atoms with Gasteiger partial charge in [-0.25, -0.2) is 4.79 Å². The molecular weight excluding hydrogens is 254 g/mol. The summed E-state index contributed by atoms with van der Waals surface area (Å²) < 4.78 is 5.08. The Hall–Kier alpha value is -2.96. The van der Waals surface area contributed by atoms with Gasteiger partial charge >= 0.3 is 5.97 Å². The predicted molar refractivity (Wildman–Crippen MR) is 63.1 cm³/mol. The first-order chi connectivity index (χ1) is 9.04. The van der Waals surface area contributed by atoms with Crippen LogP contribution in [-0.2, 0) is 0 Å². The largest absolute Gasteiger partial charge is 0.477 e. The third-order valence-corrected chi connectivity index (χ3v) is 2.46. The maximum atomic E-state index is 11.0. The molecule has 2 aromatic rings. The van der Waals surface area contributed by atoms with Crippen molar-refractivity contribution in [2.75, 3.05) is 0 Å². The van der Waals surface area contributed by atoms with Crippen LogP contribution in [0.2, 0.25) is 0 Å². The number of carboxylic acid groups (broad SMARTS) is 1.